The fraction of sp³-hybridized carbons (Fsp3) is 0.500. The van der Waals surface area contributed by atoms with Crippen LogP contribution in [0.3, 0.4) is 0 Å². The lowest BCUT2D eigenvalue weighted by Crippen LogP contribution is -2.57. The van der Waals surface area contributed by atoms with E-state index in [0.717, 1.165) is 6.16 Å². The first-order chi connectivity index (χ1) is 15.8. The number of carbonyl (C=O) groups is 2. The van der Waals surface area contributed by atoms with Crippen LogP contribution in [0.2, 0.25) is 0 Å². The van der Waals surface area contributed by atoms with E-state index in [4.69, 9.17) is 4.74 Å². The molecule has 2 atom stereocenters. The van der Waals surface area contributed by atoms with Crippen LogP contribution in [-0.2, 0) is 9.53 Å². The summed E-state index contributed by atoms with van der Waals surface area (Å²) in [6, 6.07) is 20.2. The van der Waals surface area contributed by atoms with Crippen LogP contribution in [0.15, 0.2) is 60.7 Å². The van der Waals surface area contributed by atoms with Crippen molar-refractivity contribution < 1.29 is 14.3 Å². The highest BCUT2D eigenvalue weighted by molar-refractivity contribution is 7.73. The summed E-state index contributed by atoms with van der Waals surface area (Å²) in [5.74, 6) is 0.0386. The van der Waals surface area contributed by atoms with Crippen molar-refractivity contribution in [3.8, 4) is 0 Å². The molecular formula is C28H41N2O3P. The second-order valence-electron chi connectivity index (χ2n) is 11.1. The summed E-state index contributed by atoms with van der Waals surface area (Å²) in [5, 5.41) is 8.64. The highest BCUT2D eigenvalue weighted by atomic mass is 31.1. The molecule has 2 aromatic rings. The van der Waals surface area contributed by atoms with Crippen LogP contribution in [0.5, 0.6) is 0 Å². The normalized spacial score (nSPS) is 13.9. The van der Waals surface area contributed by atoms with Gasteiger partial charge in [0.2, 0.25) is 5.91 Å². The number of nitrogens with one attached hydrogen (secondary N) is 2. The average molecular weight is 485 g/mol. The zero-order chi connectivity index (χ0) is 25.5. The first-order valence-electron chi connectivity index (χ1n) is 12.0. The molecule has 0 aromatic heterocycles. The summed E-state index contributed by atoms with van der Waals surface area (Å²) < 4.78 is 5.42. The van der Waals surface area contributed by atoms with Gasteiger partial charge in [0, 0.05) is 6.04 Å². The van der Waals surface area contributed by atoms with E-state index in [0.29, 0.717) is 0 Å². The van der Waals surface area contributed by atoms with E-state index in [1.54, 1.807) is 0 Å². The molecule has 186 valence electrons. The van der Waals surface area contributed by atoms with Gasteiger partial charge in [-0.15, -0.1) is 0 Å². The monoisotopic (exact) mass is 484 g/mol. The van der Waals surface area contributed by atoms with Gasteiger partial charge in [-0.2, -0.15) is 0 Å². The molecule has 2 rings (SSSR count). The molecule has 0 aliphatic heterocycles. The molecule has 1 unspecified atom stereocenters. The van der Waals surface area contributed by atoms with E-state index in [2.05, 4.69) is 73.0 Å². The van der Waals surface area contributed by atoms with Crippen molar-refractivity contribution in [1.82, 2.24) is 10.6 Å². The maximum atomic E-state index is 13.5. The minimum absolute atomic E-state index is 0.0516. The molecule has 0 aliphatic rings. The van der Waals surface area contributed by atoms with Gasteiger partial charge in [0.15, 0.2) is 0 Å². The van der Waals surface area contributed by atoms with Gasteiger partial charge < -0.3 is 15.4 Å². The van der Waals surface area contributed by atoms with Crippen LogP contribution in [0.4, 0.5) is 4.79 Å². The molecule has 6 heteroatoms. The number of amides is 2. The third-order valence-corrected chi connectivity index (χ3v) is 8.04. The molecular weight excluding hydrogens is 443 g/mol. The van der Waals surface area contributed by atoms with E-state index in [1.807, 2.05) is 53.7 Å². The van der Waals surface area contributed by atoms with Gasteiger partial charge in [-0.3, -0.25) is 4.79 Å². The molecule has 34 heavy (non-hydrogen) atoms. The molecule has 0 heterocycles. The third kappa shape index (κ3) is 8.76. The van der Waals surface area contributed by atoms with Crippen molar-refractivity contribution in [2.45, 2.75) is 73.1 Å². The van der Waals surface area contributed by atoms with E-state index in [1.165, 1.54) is 10.6 Å². The summed E-state index contributed by atoms with van der Waals surface area (Å²) in [6.45, 7) is 15.5. The molecule has 5 nitrogen and oxygen atoms in total. The van der Waals surface area contributed by atoms with Gasteiger partial charge in [0.05, 0.1) is 0 Å². The fourth-order valence-corrected chi connectivity index (χ4v) is 6.25. The van der Waals surface area contributed by atoms with Crippen LogP contribution in [0.1, 0.15) is 55.4 Å². The first-order valence-corrected chi connectivity index (χ1v) is 13.5. The van der Waals surface area contributed by atoms with Crippen LogP contribution in [0, 0.1) is 11.3 Å². The Morgan fingerprint density at radius 2 is 1.29 bits per heavy atom. The number of carbonyl (C=O) groups excluding carboxylic acids is 2. The predicted octanol–water partition coefficient (Wildman–Crippen LogP) is 5.20. The predicted molar refractivity (Wildman–Crippen MR) is 143 cm³/mol. The molecule has 0 saturated carbocycles. The number of benzene rings is 2. The Balaban J connectivity index is 2.26. The standard InChI is InChI=1S/C28H41N2O3P/c1-20(2)23(19-34(21-15-11-9-12-16-21)22-17-13-10-14-18-22)29-25(31)24(27(3,4)5)30-26(32)33-28(6,7)8/h9-18,20,23-24H,19H2,1-8H3,(H,29,31)(H,30,32)/t23-,24?/m1/s1. The van der Waals surface area contributed by atoms with Crippen molar-refractivity contribution in [1.29, 1.82) is 0 Å². The van der Waals surface area contributed by atoms with Gasteiger partial charge in [0.1, 0.15) is 11.6 Å². The molecule has 0 spiro atoms. The number of alkyl carbamates (subject to hydrolysis) is 1. The zero-order valence-corrected chi connectivity index (χ0v) is 22.8. The quantitative estimate of drug-likeness (QED) is 0.506. The van der Waals surface area contributed by atoms with E-state index in [9.17, 15) is 9.59 Å². The summed E-state index contributed by atoms with van der Waals surface area (Å²) in [6.07, 6.45) is 0.232. The van der Waals surface area contributed by atoms with E-state index >= 15 is 0 Å². The lowest BCUT2D eigenvalue weighted by atomic mass is 9.86. The SMILES string of the molecule is CC(C)[C@@H](CP(c1ccccc1)c1ccccc1)NC(=O)C(NC(=O)OC(C)(C)C)C(C)(C)C. The zero-order valence-electron chi connectivity index (χ0n) is 21.9. The number of hydrogen-bond donors (Lipinski definition) is 2. The van der Waals surface area contributed by atoms with Crippen LogP contribution in [0.25, 0.3) is 0 Å². The Hall–Kier alpha value is -2.39. The van der Waals surface area contributed by atoms with Crippen molar-refractivity contribution in [2.24, 2.45) is 11.3 Å². The van der Waals surface area contributed by atoms with Gasteiger partial charge in [0.25, 0.3) is 0 Å². The molecule has 0 fully saturated rings. The first kappa shape index (κ1) is 27.9. The Kier molecular flexibility index (Phi) is 9.70. The lowest BCUT2D eigenvalue weighted by molar-refractivity contribution is -0.126. The summed E-state index contributed by atoms with van der Waals surface area (Å²) >= 11 is 0. The van der Waals surface area contributed by atoms with Crippen molar-refractivity contribution >= 4 is 30.5 Å². The Morgan fingerprint density at radius 1 is 0.824 bits per heavy atom. The summed E-state index contributed by atoms with van der Waals surface area (Å²) in [7, 11) is -0.663. The Morgan fingerprint density at radius 3 is 1.68 bits per heavy atom. The highest BCUT2D eigenvalue weighted by Crippen LogP contribution is 2.35. The fourth-order valence-electron chi connectivity index (χ4n) is 3.56. The lowest BCUT2D eigenvalue weighted by Gasteiger charge is -2.34. The van der Waals surface area contributed by atoms with E-state index in [-0.39, 0.29) is 17.9 Å². The molecule has 2 aromatic carbocycles. The highest BCUT2D eigenvalue weighted by Gasteiger charge is 2.36. The second kappa shape index (κ2) is 11.8. The summed E-state index contributed by atoms with van der Waals surface area (Å²) in [5.41, 5.74) is -1.11. The topological polar surface area (TPSA) is 67.4 Å². The van der Waals surface area contributed by atoms with Crippen LogP contribution >= 0.6 is 7.92 Å². The molecule has 2 N–H and O–H groups in total. The van der Waals surface area contributed by atoms with Crippen molar-refractivity contribution in [3.05, 3.63) is 60.7 Å². The molecule has 0 aliphatic carbocycles. The number of ether oxygens (including phenoxy) is 1. The second-order valence-corrected chi connectivity index (χ2v) is 13.3. The smallest absolute Gasteiger partial charge is 0.408 e. The molecule has 2 amide bonds. The summed E-state index contributed by atoms with van der Waals surface area (Å²) in [4.78, 5) is 26.0. The maximum absolute atomic E-state index is 13.5. The average Bonchev–Trinajstić information content (AvgIpc) is 2.73. The maximum Gasteiger partial charge on any atom is 0.408 e. The van der Waals surface area contributed by atoms with Crippen LogP contribution < -0.4 is 21.2 Å². The van der Waals surface area contributed by atoms with E-state index < -0.39 is 31.1 Å². The van der Waals surface area contributed by atoms with Crippen molar-refractivity contribution in [3.63, 3.8) is 0 Å². The number of hydrogen-bond acceptors (Lipinski definition) is 3. The van der Waals surface area contributed by atoms with Gasteiger partial charge in [-0.05, 0) is 56.8 Å². The third-order valence-electron chi connectivity index (χ3n) is 5.44. The van der Waals surface area contributed by atoms with Crippen LogP contribution in [-0.4, -0.2) is 35.8 Å². The number of rotatable bonds is 8. The minimum atomic E-state index is -0.719. The van der Waals surface area contributed by atoms with Crippen molar-refractivity contribution in [2.75, 3.05) is 6.16 Å². The molecule has 0 radical (unpaired) electrons. The Bertz CT molecular complexity index is 879. The molecule has 0 bridgehead atoms. The molecule has 0 saturated heterocycles. The van der Waals surface area contributed by atoms with Gasteiger partial charge >= 0.3 is 6.09 Å². The minimum Gasteiger partial charge on any atom is -0.444 e. The van der Waals surface area contributed by atoms with Gasteiger partial charge in [-0.1, -0.05) is 95.3 Å². The van der Waals surface area contributed by atoms with Gasteiger partial charge in [-0.25, -0.2) is 4.79 Å². The largest absolute Gasteiger partial charge is 0.444 e. The Labute approximate surface area is 206 Å².